The molecule has 3 fully saturated rings. The molecule has 3 aliphatic heterocycles. The molecule has 0 spiro atoms. The number of rotatable bonds is 39. The maximum Gasteiger partial charge on any atom is 0.220 e. The molecule has 10 N–H and O–H groups in total. The zero-order valence-electron chi connectivity index (χ0n) is 44.0. The smallest absolute Gasteiger partial charge is 0.220 e. The fraction of sp³-hybridized carbons (Fsp3) is 0.962. The van der Waals surface area contributed by atoms with Crippen LogP contribution in [0.25, 0.3) is 0 Å². The Morgan fingerprint density at radius 1 is 0.662 bits per heavy atom. The molecule has 16 atom stereocenters. The molecule has 0 aromatic carbocycles. The van der Waals surface area contributed by atoms with E-state index < -0.39 is 118 Å². The summed E-state index contributed by atoms with van der Waals surface area (Å²) in [6, 6.07) is -1.61. The van der Waals surface area contributed by atoms with Crippen LogP contribution >= 0.6 is 0 Å². The SMILES string of the molecule is CCCCCCCCCCCCCCCCCC(=O)NC(CCCCCCCCCC)CO[C@@H]1OC(CO)[C@@H](O[C@@H]2OC(CO)C[C@H](O[C@@H]3C[C@@H](O)[C@@H](C)C([C@H](O)[C@H](O)CO)O3)C2O)[C@H](O)C1NC(C)=O. The second-order valence-electron chi connectivity index (χ2n) is 20.7. The number of carbonyl (C=O) groups is 2. The highest BCUT2D eigenvalue weighted by Crippen LogP contribution is 2.34. The van der Waals surface area contributed by atoms with Crippen LogP contribution in [0.5, 0.6) is 0 Å². The number of nitrogens with one attached hydrogen (secondary N) is 2. The van der Waals surface area contributed by atoms with Gasteiger partial charge < -0.3 is 79.9 Å². The summed E-state index contributed by atoms with van der Waals surface area (Å²) >= 11 is 0. The van der Waals surface area contributed by atoms with Gasteiger partial charge in [0.15, 0.2) is 18.9 Å². The summed E-state index contributed by atoms with van der Waals surface area (Å²) in [6.45, 7) is 5.40. The molecule has 0 saturated carbocycles. The lowest BCUT2D eigenvalue weighted by Crippen LogP contribution is -2.67. The first-order valence-corrected chi connectivity index (χ1v) is 28.0. The van der Waals surface area contributed by atoms with E-state index >= 15 is 0 Å². The average Bonchev–Trinajstić information content (AvgIpc) is 3.35. The van der Waals surface area contributed by atoms with Crippen LogP contribution in [0.2, 0.25) is 0 Å². The van der Waals surface area contributed by atoms with E-state index in [4.69, 9.17) is 28.4 Å². The number of carbonyl (C=O) groups excluding carboxylic acids is 2. The molecule has 0 aliphatic carbocycles. The van der Waals surface area contributed by atoms with Gasteiger partial charge in [-0.25, -0.2) is 0 Å². The van der Waals surface area contributed by atoms with E-state index in [-0.39, 0.29) is 31.4 Å². The first-order valence-electron chi connectivity index (χ1n) is 28.0. The first-order chi connectivity index (χ1) is 34.3. The van der Waals surface area contributed by atoms with Crippen LogP contribution in [0.15, 0.2) is 0 Å². The van der Waals surface area contributed by atoms with E-state index in [1.165, 1.54) is 110 Å². The Balaban J connectivity index is 1.60. The van der Waals surface area contributed by atoms with Crippen LogP contribution in [0, 0.1) is 5.92 Å². The van der Waals surface area contributed by atoms with Crippen molar-refractivity contribution in [3.05, 3.63) is 0 Å². The van der Waals surface area contributed by atoms with Crippen LogP contribution in [0.4, 0.5) is 0 Å². The van der Waals surface area contributed by atoms with Crippen molar-refractivity contribution in [2.45, 2.75) is 293 Å². The van der Waals surface area contributed by atoms with Gasteiger partial charge in [0, 0.05) is 32.1 Å². The number of aliphatic hydroxyl groups excluding tert-OH is 8. The fourth-order valence-corrected chi connectivity index (χ4v) is 10.1. The third kappa shape index (κ3) is 23.9. The number of ether oxygens (including phenoxy) is 6. The normalized spacial score (nSPS) is 30.5. The van der Waals surface area contributed by atoms with Crippen molar-refractivity contribution >= 4 is 11.8 Å². The van der Waals surface area contributed by atoms with Gasteiger partial charge in [-0.2, -0.15) is 0 Å². The van der Waals surface area contributed by atoms with Crippen molar-refractivity contribution in [3.63, 3.8) is 0 Å². The minimum Gasteiger partial charge on any atom is -0.394 e. The number of hydrogen-bond acceptors (Lipinski definition) is 16. The Bertz CT molecular complexity index is 1370. The van der Waals surface area contributed by atoms with Crippen LogP contribution in [0.1, 0.15) is 201 Å². The van der Waals surface area contributed by atoms with Gasteiger partial charge in [-0.05, 0) is 12.8 Å². The molecule has 18 nitrogen and oxygen atoms in total. The van der Waals surface area contributed by atoms with Crippen molar-refractivity contribution in [2.75, 3.05) is 26.4 Å². The predicted molar refractivity (Wildman–Crippen MR) is 268 cm³/mol. The molecule has 0 bridgehead atoms. The van der Waals surface area contributed by atoms with Crippen molar-refractivity contribution in [1.29, 1.82) is 0 Å². The molecule has 3 rings (SSSR count). The van der Waals surface area contributed by atoms with Crippen molar-refractivity contribution in [1.82, 2.24) is 10.6 Å². The summed E-state index contributed by atoms with van der Waals surface area (Å²) in [5, 5.41) is 90.9. The Morgan fingerprint density at radius 3 is 1.73 bits per heavy atom. The van der Waals surface area contributed by atoms with Crippen LogP contribution < -0.4 is 10.6 Å². The van der Waals surface area contributed by atoms with Crippen molar-refractivity contribution < 1.29 is 78.9 Å². The molecule has 6 unspecified atom stereocenters. The van der Waals surface area contributed by atoms with Gasteiger partial charge in [0.1, 0.15) is 42.7 Å². The molecule has 0 radical (unpaired) electrons. The Morgan fingerprint density at radius 2 is 1.21 bits per heavy atom. The average molecular weight is 1020 g/mol. The largest absolute Gasteiger partial charge is 0.394 e. The second-order valence-corrected chi connectivity index (χ2v) is 20.7. The fourth-order valence-electron chi connectivity index (χ4n) is 10.1. The van der Waals surface area contributed by atoms with E-state index in [2.05, 4.69) is 24.5 Å². The lowest BCUT2D eigenvalue weighted by atomic mass is 9.87. The number of unbranched alkanes of at least 4 members (excludes halogenated alkanes) is 21. The molecular weight excluding hydrogens is 921 g/mol. The van der Waals surface area contributed by atoms with Gasteiger partial charge in [-0.15, -0.1) is 0 Å². The van der Waals surface area contributed by atoms with Gasteiger partial charge in [0.2, 0.25) is 11.8 Å². The topological polar surface area (TPSA) is 275 Å². The summed E-state index contributed by atoms with van der Waals surface area (Å²) in [7, 11) is 0. The quantitative estimate of drug-likeness (QED) is 0.0366. The molecular formula is C53H100N2O16. The molecule has 2 amide bonds. The monoisotopic (exact) mass is 1020 g/mol. The van der Waals surface area contributed by atoms with Crippen molar-refractivity contribution in [3.8, 4) is 0 Å². The van der Waals surface area contributed by atoms with Crippen LogP contribution in [-0.2, 0) is 38.0 Å². The van der Waals surface area contributed by atoms with Gasteiger partial charge in [-0.1, -0.05) is 162 Å². The lowest BCUT2D eigenvalue weighted by molar-refractivity contribution is -0.352. The Hall–Kier alpha value is -1.62. The Labute approximate surface area is 425 Å². The number of amides is 2. The first kappa shape index (κ1) is 63.7. The zero-order chi connectivity index (χ0) is 52.0. The number of aliphatic hydroxyl groups is 8. The molecule has 418 valence electrons. The molecule has 3 heterocycles. The molecule has 18 heteroatoms. The maximum absolute atomic E-state index is 13.3. The standard InChI is InChI=1S/C53H100N2O16/c1-5-7-9-11-13-15-16-17-18-19-20-21-23-25-27-29-44(62)55-38(28-26-24-22-14-12-10-8-6-2)35-66-52-46(54-37(4)59)49(65)51(43(34-58)69-52)71-53-48(64)42(30-39(32-56)67-53)68-45-31-40(60)36(3)50(70-45)47(63)41(61)33-57/h36,38-43,45-53,56-58,60-61,63-65H,5-35H2,1-4H3,(H,54,59)(H,55,62)/t36-,38?,39?,40-,41-,42+,43?,45+,46?,47-,48?,49-,50?,51-,52-,53+/m1/s1. The summed E-state index contributed by atoms with van der Waals surface area (Å²) in [5.74, 6) is -1.22. The summed E-state index contributed by atoms with van der Waals surface area (Å²) < 4.78 is 36.5. The lowest BCUT2D eigenvalue weighted by Gasteiger charge is -2.47. The van der Waals surface area contributed by atoms with Gasteiger partial charge in [0.05, 0.1) is 56.9 Å². The van der Waals surface area contributed by atoms with Crippen molar-refractivity contribution in [2.24, 2.45) is 5.92 Å². The van der Waals surface area contributed by atoms with E-state index in [0.717, 1.165) is 44.9 Å². The van der Waals surface area contributed by atoms with E-state index in [0.29, 0.717) is 12.8 Å². The molecule has 3 aliphatic rings. The van der Waals surface area contributed by atoms with Gasteiger partial charge in [-0.3, -0.25) is 9.59 Å². The summed E-state index contributed by atoms with van der Waals surface area (Å²) in [6.07, 6.45) is 11.3. The predicted octanol–water partition coefficient (Wildman–Crippen LogP) is 4.93. The minimum atomic E-state index is -1.58. The van der Waals surface area contributed by atoms with Gasteiger partial charge in [0.25, 0.3) is 0 Å². The highest BCUT2D eigenvalue weighted by molar-refractivity contribution is 5.76. The van der Waals surface area contributed by atoms with Crippen LogP contribution in [-0.4, -0.2) is 171 Å². The summed E-state index contributed by atoms with van der Waals surface area (Å²) in [4.78, 5) is 25.9. The zero-order valence-corrected chi connectivity index (χ0v) is 44.0. The number of hydrogen-bond donors (Lipinski definition) is 10. The van der Waals surface area contributed by atoms with Crippen LogP contribution in [0.3, 0.4) is 0 Å². The third-order valence-corrected chi connectivity index (χ3v) is 14.6. The molecule has 3 saturated heterocycles. The minimum absolute atomic E-state index is 0.00739. The molecule has 0 aromatic rings. The van der Waals surface area contributed by atoms with Gasteiger partial charge >= 0.3 is 0 Å². The third-order valence-electron chi connectivity index (χ3n) is 14.6. The van der Waals surface area contributed by atoms with E-state index in [1.807, 2.05) is 0 Å². The summed E-state index contributed by atoms with van der Waals surface area (Å²) in [5.41, 5.74) is 0. The molecule has 71 heavy (non-hydrogen) atoms. The highest BCUT2D eigenvalue weighted by Gasteiger charge is 2.51. The van der Waals surface area contributed by atoms with E-state index in [1.54, 1.807) is 6.92 Å². The molecule has 0 aromatic heterocycles. The highest BCUT2D eigenvalue weighted by atomic mass is 16.7. The second kappa shape index (κ2) is 37.2. The Kier molecular flexibility index (Phi) is 33.3. The van der Waals surface area contributed by atoms with E-state index in [9.17, 15) is 50.4 Å². The maximum atomic E-state index is 13.3.